The number of amides is 1. The third kappa shape index (κ3) is 4.68. The van der Waals surface area contributed by atoms with Gasteiger partial charge in [0.2, 0.25) is 18.3 Å². The molecule has 4 aromatic rings. The van der Waals surface area contributed by atoms with Gasteiger partial charge in [0.05, 0.1) is 12.9 Å². The maximum absolute atomic E-state index is 13.2. The number of fused-ring (bicyclic) bond motifs is 2. The van der Waals surface area contributed by atoms with E-state index >= 15 is 0 Å². The van der Waals surface area contributed by atoms with Crippen LogP contribution in [0.1, 0.15) is 26.3 Å². The number of ketones is 1. The molecule has 1 saturated carbocycles. The minimum Gasteiger partial charge on any atom is -0.340 e. The highest BCUT2D eigenvalue weighted by Crippen LogP contribution is 2.55. The molecule has 16 heteroatoms. The Morgan fingerprint density at radius 2 is 1.83 bits per heavy atom. The summed E-state index contributed by atoms with van der Waals surface area (Å²) >= 11 is 1.28. The fraction of sp³-hybridized carbons (Fsp3) is 0.462. The van der Waals surface area contributed by atoms with Crippen LogP contribution in [0.15, 0.2) is 33.7 Å². The SMILES string of the molecule is CCC(=O)Cn1c(=O)c2c(ncn2[C@@H](C)C(=O)Nc2csc(-c3cnc(N4CC5C(C4)C5C(F)F)nc3)n2)n(C)c1=O. The van der Waals surface area contributed by atoms with Crippen molar-refractivity contribution in [2.45, 2.75) is 39.3 Å². The van der Waals surface area contributed by atoms with Gasteiger partial charge in [-0.2, -0.15) is 0 Å². The van der Waals surface area contributed by atoms with E-state index in [0.29, 0.717) is 29.6 Å². The van der Waals surface area contributed by atoms with Crippen LogP contribution in [0.5, 0.6) is 0 Å². The van der Waals surface area contributed by atoms with Gasteiger partial charge in [0.25, 0.3) is 5.56 Å². The van der Waals surface area contributed by atoms with E-state index in [1.54, 1.807) is 31.6 Å². The van der Waals surface area contributed by atoms with Crippen LogP contribution < -0.4 is 21.5 Å². The number of nitrogens with one attached hydrogen (secondary N) is 1. The molecule has 2 fully saturated rings. The summed E-state index contributed by atoms with van der Waals surface area (Å²) in [5, 5.41) is 4.96. The monoisotopic (exact) mass is 599 g/mol. The minimum absolute atomic E-state index is 0.000610. The number of hydrogen-bond acceptors (Lipinski definition) is 10. The van der Waals surface area contributed by atoms with Crippen LogP contribution in [0.4, 0.5) is 20.5 Å². The molecule has 4 aromatic heterocycles. The first kappa shape index (κ1) is 27.8. The van der Waals surface area contributed by atoms with E-state index < -0.39 is 35.5 Å². The van der Waals surface area contributed by atoms with E-state index in [0.717, 1.165) is 4.57 Å². The number of thiazole rings is 1. The molecular formula is C26H27F2N9O4S. The molecule has 13 nitrogen and oxygen atoms in total. The molecule has 220 valence electrons. The van der Waals surface area contributed by atoms with E-state index in [4.69, 9.17) is 0 Å². The van der Waals surface area contributed by atoms with Crippen LogP contribution in [0.2, 0.25) is 0 Å². The smallest absolute Gasteiger partial charge is 0.332 e. The van der Waals surface area contributed by atoms with Crippen molar-refractivity contribution in [2.24, 2.45) is 24.8 Å². The Morgan fingerprint density at radius 3 is 2.48 bits per heavy atom. The molecule has 1 aliphatic heterocycles. The van der Waals surface area contributed by atoms with Gasteiger partial charge in [0.15, 0.2) is 16.9 Å². The van der Waals surface area contributed by atoms with Crippen LogP contribution in [-0.2, 0) is 23.2 Å². The molecule has 3 atom stereocenters. The van der Waals surface area contributed by atoms with Gasteiger partial charge in [0, 0.05) is 55.8 Å². The number of rotatable bonds is 9. The molecule has 0 spiro atoms. The van der Waals surface area contributed by atoms with Crippen LogP contribution in [0.25, 0.3) is 21.7 Å². The average Bonchev–Trinajstić information content (AvgIpc) is 3.41. The highest BCUT2D eigenvalue weighted by molar-refractivity contribution is 7.13. The second-order valence-electron chi connectivity index (χ2n) is 10.6. The zero-order chi connectivity index (χ0) is 29.9. The summed E-state index contributed by atoms with van der Waals surface area (Å²) in [4.78, 5) is 70.3. The lowest BCUT2D eigenvalue weighted by Crippen LogP contribution is -2.41. The van der Waals surface area contributed by atoms with Crippen molar-refractivity contribution in [3.05, 3.63) is 44.9 Å². The zero-order valence-electron chi connectivity index (χ0n) is 22.9. The number of aryl methyl sites for hydroxylation is 1. The maximum Gasteiger partial charge on any atom is 0.332 e. The summed E-state index contributed by atoms with van der Waals surface area (Å²) in [5.41, 5.74) is -0.605. The first-order chi connectivity index (χ1) is 20.1. The van der Waals surface area contributed by atoms with E-state index in [-0.39, 0.29) is 47.6 Å². The third-order valence-corrected chi connectivity index (χ3v) is 8.95. The molecule has 1 saturated heterocycles. The highest BCUT2D eigenvalue weighted by Gasteiger charge is 2.60. The van der Waals surface area contributed by atoms with Gasteiger partial charge in [-0.1, -0.05) is 6.92 Å². The van der Waals surface area contributed by atoms with Crippen molar-refractivity contribution in [3.8, 4) is 10.6 Å². The summed E-state index contributed by atoms with van der Waals surface area (Å²) < 4.78 is 29.3. The summed E-state index contributed by atoms with van der Waals surface area (Å²) in [7, 11) is 1.45. The van der Waals surface area contributed by atoms with Crippen LogP contribution in [-0.4, -0.2) is 64.8 Å². The fourth-order valence-electron chi connectivity index (χ4n) is 5.54. The molecule has 2 aliphatic rings. The van der Waals surface area contributed by atoms with Gasteiger partial charge in [0.1, 0.15) is 16.9 Å². The van der Waals surface area contributed by atoms with Gasteiger partial charge >= 0.3 is 5.69 Å². The lowest BCUT2D eigenvalue weighted by molar-refractivity contribution is -0.120. The van der Waals surface area contributed by atoms with Crippen LogP contribution >= 0.6 is 11.3 Å². The van der Waals surface area contributed by atoms with Crippen molar-refractivity contribution < 1.29 is 18.4 Å². The second kappa shape index (κ2) is 10.5. The van der Waals surface area contributed by atoms with Crippen LogP contribution in [0.3, 0.4) is 0 Å². The fourth-order valence-corrected chi connectivity index (χ4v) is 6.26. The number of aromatic nitrogens is 7. The number of carbonyl (C=O) groups is 2. The average molecular weight is 600 g/mol. The number of hydrogen-bond donors (Lipinski definition) is 1. The lowest BCUT2D eigenvalue weighted by Gasteiger charge is -2.19. The normalized spacial score (nSPS) is 20.2. The van der Waals surface area contributed by atoms with Crippen molar-refractivity contribution in [1.29, 1.82) is 0 Å². The number of piperidine rings is 1. The molecule has 1 N–H and O–H groups in total. The molecule has 1 amide bonds. The number of halogens is 2. The highest BCUT2D eigenvalue weighted by atomic mass is 32.1. The minimum atomic E-state index is -2.28. The molecular weight excluding hydrogens is 572 g/mol. The van der Waals surface area contributed by atoms with E-state index in [9.17, 15) is 28.0 Å². The topological polar surface area (TPSA) is 150 Å². The van der Waals surface area contributed by atoms with Gasteiger partial charge < -0.3 is 14.8 Å². The summed E-state index contributed by atoms with van der Waals surface area (Å²) in [5.74, 6) is -0.489. The third-order valence-electron chi connectivity index (χ3n) is 8.06. The van der Waals surface area contributed by atoms with E-state index in [2.05, 4.69) is 25.3 Å². The standard InChI is InChI=1S/C26H27F2N9O4S/c1-4-14(38)7-36-24(40)19-21(34(3)26(36)41)31-11-37(19)12(2)22(39)32-17-10-42-23(33-17)13-5-29-25(30-6-13)35-8-15-16(9-35)18(15)20(27)28/h5-6,10-12,15-16,18,20H,4,7-9H2,1-3H3,(H,32,39)/t12-,15?,16?,18?/m0/s1. The van der Waals surface area contributed by atoms with E-state index in [1.807, 2.05) is 4.90 Å². The van der Waals surface area contributed by atoms with Gasteiger partial charge in [-0.3, -0.25) is 23.5 Å². The van der Waals surface area contributed by atoms with Crippen molar-refractivity contribution in [3.63, 3.8) is 0 Å². The molecule has 5 heterocycles. The number of alkyl halides is 2. The van der Waals surface area contributed by atoms with Gasteiger partial charge in [-0.15, -0.1) is 11.3 Å². The lowest BCUT2D eigenvalue weighted by atomic mass is 10.3. The molecule has 42 heavy (non-hydrogen) atoms. The summed E-state index contributed by atoms with van der Waals surface area (Å²) in [6.45, 7) is 3.90. The van der Waals surface area contributed by atoms with Crippen molar-refractivity contribution in [2.75, 3.05) is 23.3 Å². The number of imidazole rings is 1. The Morgan fingerprint density at radius 1 is 1.14 bits per heavy atom. The van der Waals surface area contributed by atoms with Crippen LogP contribution in [0, 0.1) is 17.8 Å². The molecule has 1 aliphatic carbocycles. The first-order valence-electron chi connectivity index (χ1n) is 13.4. The molecule has 6 rings (SSSR count). The Labute approximate surface area is 240 Å². The van der Waals surface area contributed by atoms with Gasteiger partial charge in [-0.25, -0.2) is 33.5 Å². The van der Waals surface area contributed by atoms with E-state index in [1.165, 1.54) is 33.8 Å². The number of anilines is 2. The largest absolute Gasteiger partial charge is 0.340 e. The van der Waals surface area contributed by atoms with Crippen molar-refractivity contribution >= 4 is 46.0 Å². The predicted molar refractivity (Wildman–Crippen MR) is 150 cm³/mol. The second-order valence-corrected chi connectivity index (χ2v) is 11.4. The summed E-state index contributed by atoms with van der Waals surface area (Å²) in [6, 6.07) is -0.903. The Balaban J connectivity index is 1.16. The zero-order valence-corrected chi connectivity index (χ0v) is 23.7. The Bertz CT molecular complexity index is 1800. The quantitative estimate of drug-likeness (QED) is 0.305. The molecule has 0 radical (unpaired) electrons. The predicted octanol–water partition coefficient (Wildman–Crippen LogP) is 1.94. The number of carbonyl (C=O) groups excluding carboxylic acids is 2. The maximum atomic E-state index is 13.2. The molecule has 2 unspecified atom stereocenters. The van der Waals surface area contributed by atoms with Crippen molar-refractivity contribution in [1.82, 2.24) is 33.6 Å². The number of Topliss-reactive ketones (excluding diaryl/α,β-unsaturated/α-hetero) is 1. The Hall–Kier alpha value is -4.34. The van der Waals surface area contributed by atoms with Gasteiger partial charge in [-0.05, 0) is 18.8 Å². The number of nitrogens with zero attached hydrogens (tertiary/aromatic N) is 8. The molecule has 0 bridgehead atoms. The first-order valence-corrected chi connectivity index (χ1v) is 14.3. The molecule has 0 aromatic carbocycles. The Kier molecular flexibility index (Phi) is 6.95. The summed E-state index contributed by atoms with van der Waals surface area (Å²) in [6.07, 6.45) is 2.42.